The Morgan fingerprint density at radius 3 is 1.51 bits per heavy atom. The van der Waals surface area contributed by atoms with Crippen LogP contribution in [0.15, 0.2) is 48.6 Å². The van der Waals surface area contributed by atoms with Crippen LogP contribution in [0.4, 0.5) is 0 Å². The maximum atomic E-state index is 12.7. The number of aliphatic carboxylic acids is 1. The van der Waals surface area contributed by atoms with Gasteiger partial charge in [-0.2, -0.15) is 0 Å². The maximum Gasteiger partial charge on any atom is 0.338 e. The first-order chi connectivity index (χ1) is 18.2. The molecule has 1 atom stereocenters. The second-order valence-electron chi connectivity index (χ2n) is 7.81. The minimum atomic E-state index is -1.63. The van der Waals surface area contributed by atoms with Gasteiger partial charge in [0.1, 0.15) is 12.7 Å². The molecule has 2 aromatic carbocycles. The lowest BCUT2D eigenvalue weighted by Crippen LogP contribution is -2.26. The Kier molecular flexibility index (Phi) is 9.61. The summed E-state index contributed by atoms with van der Waals surface area (Å²) in [6.07, 6.45) is -1.75. The number of carbonyl (C=O) groups excluding carboxylic acids is 2. The predicted molar refractivity (Wildman–Crippen MR) is 126 cm³/mol. The first-order valence-electron chi connectivity index (χ1n) is 10.7. The number of carboxylic acid groups (broad SMARTS) is 5. The Balaban J connectivity index is 2.26. The van der Waals surface area contributed by atoms with Crippen molar-refractivity contribution in [1.29, 1.82) is 0 Å². The molecule has 2 aromatic rings. The quantitative estimate of drug-likeness (QED) is 0.180. The van der Waals surface area contributed by atoms with Crippen LogP contribution in [0.3, 0.4) is 0 Å². The third kappa shape index (κ3) is 7.72. The third-order valence-electron chi connectivity index (χ3n) is 5.18. The van der Waals surface area contributed by atoms with Crippen LogP contribution in [0.1, 0.15) is 75.0 Å². The first kappa shape index (κ1) is 29.7. The zero-order valence-electron chi connectivity index (χ0n) is 19.8. The topological polar surface area (TPSA) is 239 Å². The van der Waals surface area contributed by atoms with Crippen molar-refractivity contribution in [1.82, 2.24) is 0 Å². The van der Waals surface area contributed by atoms with Crippen molar-refractivity contribution in [3.05, 3.63) is 81.9 Å². The smallest absolute Gasteiger partial charge is 0.338 e. The molecule has 14 heteroatoms. The summed E-state index contributed by atoms with van der Waals surface area (Å²) in [5.74, 6) is -9.93. The lowest BCUT2D eigenvalue weighted by molar-refractivity contribution is -0.132. The van der Waals surface area contributed by atoms with Gasteiger partial charge in [0.25, 0.3) is 0 Å². The van der Waals surface area contributed by atoms with Gasteiger partial charge in [0.15, 0.2) is 0 Å². The maximum absolute atomic E-state index is 12.7. The average Bonchev–Trinajstić information content (AvgIpc) is 2.88. The van der Waals surface area contributed by atoms with Gasteiger partial charge < -0.3 is 35.0 Å². The van der Waals surface area contributed by atoms with Gasteiger partial charge in [0, 0.05) is 5.57 Å². The van der Waals surface area contributed by atoms with E-state index >= 15 is 0 Å². The van der Waals surface area contributed by atoms with Crippen LogP contribution in [0.25, 0.3) is 0 Å². The summed E-state index contributed by atoms with van der Waals surface area (Å²) < 4.78 is 10.3. The van der Waals surface area contributed by atoms with E-state index in [1.165, 1.54) is 0 Å². The molecule has 0 aliphatic heterocycles. The van der Waals surface area contributed by atoms with Crippen molar-refractivity contribution in [3.63, 3.8) is 0 Å². The van der Waals surface area contributed by atoms with Crippen molar-refractivity contribution in [2.45, 2.75) is 18.9 Å². The number of carboxylic acids is 5. The second-order valence-corrected chi connectivity index (χ2v) is 7.81. The lowest BCUT2D eigenvalue weighted by Gasteiger charge is -2.18. The molecule has 0 amide bonds. The van der Waals surface area contributed by atoms with E-state index in [9.17, 15) is 43.8 Å². The molecule has 39 heavy (non-hydrogen) atoms. The fourth-order valence-electron chi connectivity index (χ4n) is 3.16. The van der Waals surface area contributed by atoms with E-state index in [2.05, 4.69) is 6.58 Å². The SMILES string of the molecule is C=C(CCC(COC(=O)c1ccc(C(=O)O)c(C(=O)O)c1)OC(=O)c1ccc(C(=O)O)c(C(=O)O)c1)C(=O)O. The Morgan fingerprint density at radius 1 is 0.667 bits per heavy atom. The molecule has 0 aliphatic carbocycles. The highest BCUT2D eigenvalue weighted by atomic mass is 16.6. The minimum absolute atomic E-state index is 0.221. The number of hydrogen-bond acceptors (Lipinski definition) is 9. The lowest BCUT2D eigenvalue weighted by atomic mass is 10.0. The molecule has 0 heterocycles. The molecule has 14 nitrogen and oxygen atoms in total. The summed E-state index contributed by atoms with van der Waals surface area (Å²) in [6.45, 7) is 2.67. The fourth-order valence-corrected chi connectivity index (χ4v) is 3.16. The van der Waals surface area contributed by atoms with Crippen LogP contribution >= 0.6 is 0 Å². The standard InChI is InChI=1S/C25H20O14/c1-11(19(26)27)2-5-14(39-25(37)13-4-7-16(21(30)31)18(9-13)23(34)35)10-38-24(36)12-3-6-15(20(28)29)17(8-12)22(32)33/h3-4,6-9,14H,1-2,5,10H2,(H,26,27)(H,28,29)(H,30,31)(H,32,33)(H,34,35). The van der Waals surface area contributed by atoms with E-state index in [1.54, 1.807) is 0 Å². The molecule has 2 rings (SSSR count). The van der Waals surface area contributed by atoms with Crippen molar-refractivity contribution in [2.24, 2.45) is 0 Å². The fraction of sp³-hybridized carbons (Fsp3) is 0.160. The van der Waals surface area contributed by atoms with E-state index in [4.69, 9.17) is 24.8 Å². The Hall–Kier alpha value is -5.53. The van der Waals surface area contributed by atoms with Crippen LogP contribution in [-0.2, 0) is 14.3 Å². The number of carbonyl (C=O) groups is 7. The van der Waals surface area contributed by atoms with Crippen molar-refractivity contribution >= 4 is 41.8 Å². The van der Waals surface area contributed by atoms with E-state index in [-0.39, 0.29) is 29.5 Å². The van der Waals surface area contributed by atoms with Crippen molar-refractivity contribution in [2.75, 3.05) is 6.61 Å². The number of aromatic carboxylic acids is 4. The van der Waals surface area contributed by atoms with Crippen LogP contribution in [0.5, 0.6) is 0 Å². The molecule has 1 unspecified atom stereocenters. The van der Waals surface area contributed by atoms with Gasteiger partial charge in [-0.25, -0.2) is 33.6 Å². The monoisotopic (exact) mass is 544 g/mol. The number of benzene rings is 2. The van der Waals surface area contributed by atoms with E-state index < -0.39 is 76.7 Å². The first-order valence-corrected chi connectivity index (χ1v) is 10.7. The molecular weight excluding hydrogens is 524 g/mol. The molecular formula is C25H20O14. The molecule has 0 fully saturated rings. The summed E-state index contributed by atoms with van der Waals surface area (Å²) in [7, 11) is 0. The second kappa shape index (κ2) is 12.6. The number of rotatable bonds is 13. The highest BCUT2D eigenvalue weighted by Crippen LogP contribution is 2.18. The number of hydrogen-bond donors (Lipinski definition) is 5. The molecule has 0 radical (unpaired) electrons. The predicted octanol–water partition coefficient (Wildman–Crippen LogP) is 2.28. The summed E-state index contributed by atoms with van der Waals surface area (Å²) in [4.78, 5) is 81.4. The molecule has 0 aliphatic rings. The third-order valence-corrected chi connectivity index (χ3v) is 5.18. The summed E-state index contributed by atoms with van der Waals surface area (Å²) in [6, 6.07) is 5.31. The van der Waals surface area contributed by atoms with Gasteiger partial charge in [-0.05, 0) is 49.2 Å². The largest absolute Gasteiger partial charge is 0.478 e. The van der Waals surface area contributed by atoms with E-state index in [0.717, 1.165) is 36.4 Å². The van der Waals surface area contributed by atoms with E-state index in [1.807, 2.05) is 0 Å². The van der Waals surface area contributed by atoms with Gasteiger partial charge in [-0.3, -0.25) is 0 Å². The zero-order chi connectivity index (χ0) is 29.4. The van der Waals surface area contributed by atoms with Crippen LogP contribution in [0.2, 0.25) is 0 Å². The molecule has 5 N–H and O–H groups in total. The molecule has 0 bridgehead atoms. The Morgan fingerprint density at radius 2 is 1.10 bits per heavy atom. The van der Waals surface area contributed by atoms with Gasteiger partial charge in [0.2, 0.25) is 0 Å². The summed E-state index contributed by atoms with van der Waals surface area (Å²) >= 11 is 0. The van der Waals surface area contributed by atoms with E-state index in [0.29, 0.717) is 0 Å². The van der Waals surface area contributed by atoms with Crippen molar-refractivity contribution in [3.8, 4) is 0 Å². The molecule has 0 spiro atoms. The summed E-state index contributed by atoms with van der Waals surface area (Å²) in [5, 5.41) is 45.7. The van der Waals surface area contributed by atoms with Gasteiger partial charge >= 0.3 is 41.8 Å². The zero-order valence-corrected chi connectivity index (χ0v) is 19.8. The average molecular weight is 544 g/mol. The molecule has 0 saturated carbocycles. The van der Waals surface area contributed by atoms with Gasteiger partial charge in [-0.1, -0.05) is 6.58 Å². The van der Waals surface area contributed by atoms with Crippen molar-refractivity contribution < 1.29 is 68.6 Å². The number of ether oxygens (including phenoxy) is 2. The minimum Gasteiger partial charge on any atom is -0.478 e. The molecule has 0 saturated heterocycles. The van der Waals surface area contributed by atoms with Crippen LogP contribution < -0.4 is 0 Å². The highest BCUT2D eigenvalue weighted by Gasteiger charge is 2.24. The normalized spacial score (nSPS) is 11.1. The Labute approximate surface area is 218 Å². The van der Waals surface area contributed by atoms with Crippen LogP contribution in [-0.4, -0.2) is 80.0 Å². The molecule has 204 valence electrons. The molecule has 0 aromatic heterocycles. The van der Waals surface area contributed by atoms with Gasteiger partial charge in [0.05, 0.1) is 33.4 Å². The highest BCUT2D eigenvalue weighted by molar-refractivity contribution is 6.05. The summed E-state index contributed by atoms with van der Waals surface area (Å²) in [5.41, 5.74) is -3.51. The number of esters is 2. The Bertz CT molecular complexity index is 1390. The van der Waals surface area contributed by atoms with Gasteiger partial charge in [-0.15, -0.1) is 0 Å². The van der Waals surface area contributed by atoms with Crippen LogP contribution in [0, 0.1) is 0 Å².